The Bertz CT molecular complexity index is 388. The molecule has 2 nitrogen and oxygen atoms in total. The van der Waals surface area contributed by atoms with Gasteiger partial charge in [0.1, 0.15) is 5.82 Å². The highest BCUT2D eigenvalue weighted by molar-refractivity contribution is 5.70. The van der Waals surface area contributed by atoms with Crippen LogP contribution in [0.5, 0.6) is 0 Å². The summed E-state index contributed by atoms with van der Waals surface area (Å²) in [6.07, 6.45) is 0. The highest BCUT2D eigenvalue weighted by atomic mass is 19.1. The van der Waals surface area contributed by atoms with Gasteiger partial charge in [-0.1, -0.05) is 13.8 Å². The van der Waals surface area contributed by atoms with Crippen molar-refractivity contribution in [2.24, 2.45) is 5.41 Å². The van der Waals surface area contributed by atoms with E-state index in [2.05, 4.69) is 24.5 Å². The van der Waals surface area contributed by atoms with E-state index in [1.807, 2.05) is 0 Å². The topological polar surface area (TPSA) is 24.1 Å². The van der Waals surface area contributed by atoms with Crippen molar-refractivity contribution < 1.29 is 8.78 Å². The van der Waals surface area contributed by atoms with Crippen LogP contribution < -0.4 is 10.6 Å². The van der Waals surface area contributed by atoms with Crippen LogP contribution in [0.1, 0.15) is 13.8 Å². The first kappa shape index (κ1) is 10.2. The quantitative estimate of drug-likeness (QED) is 0.691. The van der Waals surface area contributed by atoms with E-state index in [1.165, 1.54) is 6.07 Å². The fourth-order valence-corrected chi connectivity index (χ4v) is 1.62. The van der Waals surface area contributed by atoms with E-state index in [0.717, 1.165) is 6.07 Å². The molecule has 2 rings (SSSR count). The number of anilines is 2. The maximum atomic E-state index is 13.4. The van der Waals surface area contributed by atoms with Gasteiger partial charge in [0.2, 0.25) is 0 Å². The molecule has 0 aromatic heterocycles. The Morgan fingerprint density at radius 2 is 1.80 bits per heavy atom. The Kier molecular flexibility index (Phi) is 2.29. The van der Waals surface area contributed by atoms with Gasteiger partial charge in [0.15, 0.2) is 5.82 Å². The molecular formula is C11H14F2N2. The van der Waals surface area contributed by atoms with Crippen LogP contribution in [0.2, 0.25) is 0 Å². The molecule has 0 atom stereocenters. The molecular weight excluding hydrogens is 198 g/mol. The third-order valence-electron chi connectivity index (χ3n) is 2.56. The molecule has 0 fully saturated rings. The lowest BCUT2D eigenvalue weighted by molar-refractivity contribution is 0.423. The predicted molar refractivity (Wildman–Crippen MR) is 57.1 cm³/mol. The molecule has 0 saturated carbocycles. The molecule has 0 aliphatic carbocycles. The highest BCUT2D eigenvalue weighted by Gasteiger charge is 2.23. The second kappa shape index (κ2) is 3.36. The average molecular weight is 212 g/mol. The van der Waals surface area contributed by atoms with Crippen molar-refractivity contribution in [2.75, 3.05) is 23.7 Å². The van der Waals surface area contributed by atoms with Gasteiger partial charge in [0.25, 0.3) is 0 Å². The van der Waals surface area contributed by atoms with Gasteiger partial charge in [-0.15, -0.1) is 0 Å². The van der Waals surface area contributed by atoms with E-state index < -0.39 is 11.6 Å². The predicted octanol–water partition coefficient (Wildman–Crippen LogP) is 2.83. The van der Waals surface area contributed by atoms with Gasteiger partial charge in [-0.2, -0.15) is 0 Å². The molecule has 2 N–H and O–H groups in total. The van der Waals surface area contributed by atoms with E-state index in [9.17, 15) is 8.78 Å². The molecule has 4 heteroatoms. The van der Waals surface area contributed by atoms with Crippen molar-refractivity contribution in [3.05, 3.63) is 23.8 Å². The number of hydrogen-bond acceptors (Lipinski definition) is 2. The molecule has 15 heavy (non-hydrogen) atoms. The second-order valence-electron chi connectivity index (χ2n) is 4.68. The summed E-state index contributed by atoms with van der Waals surface area (Å²) in [5, 5.41) is 6.06. The minimum Gasteiger partial charge on any atom is -0.383 e. The summed E-state index contributed by atoms with van der Waals surface area (Å²) in [6.45, 7) is 5.48. The number of halogens is 2. The van der Waals surface area contributed by atoms with Crippen LogP contribution in [0, 0.1) is 17.0 Å². The Hall–Kier alpha value is -1.32. The lowest BCUT2D eigenvalue weighted by Gasteiger charge is -2.21. The first-order valence-electron chi connectivity index (χ1n) is 4.95. The molecule has 1 aromatic carbocycles. The van der Waals surface area contributed by atoms with E-state index in [0.29, 0.717) is 24.5 Å². The zero-order chi connectivity index (χ0) is 11.1. The number of hydrogen-bond donors (Lipinski definition) is 2. The van der Waals surface area contributed by atoms with Gasteiger partial charge < -0.3 is 10.6 Å². The van der Waals surface area contributed by atoms with Gasteiger partial charge in [-0.3, -0.25) is 0 Å². The summed E-state index contributed by atoms with van der Waals surface area (Å²) in [5.41, 5.74) is 0.877. The maximum absolute atomic E-state index is 13.4. The molecule has 0 bridgehead atoms. The molecule has 1 heterocycles. The minimum atomic E-state index is -0.555. The summed E-state index contributed by atoms with van der Waals surface area (Å²) in [5.74, 6) is -1.10. The van der Waals surface area contributed by atoms with Crippen LogP contribution in [-0.4, -0.2) is 13.1 Å². The normalized spacial score (nSPS) is 18.4. The Labute approximate surface area is 87.7 Å². The lowest BCUT2D eigenvalue weighted by atomic mass is 9.94. The highest BCUT2D eigenvalue weighted by Crippen LogP contribution is 2.31. The van der Waals surface area contributed by atoms with Crippen LogP contribution in [0.15, 0.2) is 12.1 Å². The van der Waals surface area contributed by atoms with Crippen LogP contribution in [0.3, 0.4) is 0 Å². The lowest BCUT2D eigenvalue weighted by Crippen LogP contribution is -2.27. The zero-order valence-corrected chi connectivity index (χ0v) is 8.82. The van der Waals surface area contributed by atoms with Crippen LogP contribution >= 0.6 is 0 Å². The summed E-state index contributed by atoms with van der Waals surface area (Å²) in [7, 11) is 0. The SMILES string of the molecule is CC1(C)CNc2cc(F)cc(F)c2NC1. The van der Waals surface area contributed by atoms with Crippen molar-refractivity contribution in [3.8, 4) is 0 Å². The number of rotatable bonds is 0. The fourth-order valence-electron chi connectivity index (χ4n) is 1.62. The van der Waals surface area contributed by atoms with Gasteiger partial charge in [0, 0.05) is 19.2 Å². The van der Waals surface area contributed by atoms with Crippen molar-refractivity contribution in [2.45, 2.75) is 13.8 Å². The Morgan fingerprint density at radius 1 is 1.13 bits per heavy atom. The Morgan fingerprint density at radius 3 is 2.53 bits per heavy atom. The summed E-state index contributed by atoms with van der Waals surface area (Å²) in [4.78, 5) is 0. The fraction of sp³-hybridized carbons (Fsp3) is 0.455. The molecule has 0 amide bonds. The van der Waals surface area contributed by atoms with E-state index in [-0.39, 0.29) is 5.41 Å². The molecule has 1 aliphatic rings. The summed E-state index contributed by atoms with van der Waals surface area (Å²) in [6, 6.07) is 2.21. The molecule has 82 valence electrons. The van der Waals surface area contributed by atoms with E-state index >= 15 is 0 Å². The maximum Gasteiger partial charge on any atom is 0.151 e. The first-order valence-corrected chi connectivity index (χ1v) is 4.95. The third-order valence-corrected chi connectivity index (χ3v) is 2.56. The van der Waals surface area contributed by atoms with Crippen molar-refractivity contribution in [3.63, 3.8) is 0 Å². The van der Waals surface area contributed by atoms with Crippen LogP contribution in [0.25, 0.3) is 0 Å². The van der Waals surface area contributed by atoms with Gasteiger partial charge in [-0.05, 0) is 11.5 Å². The minimum absolute atomic E-state index is 0.0158. The first-order chi connectivity index (χ1) is 6.98. The standard InChI is InChI=1S/C11H14F2N2/c1-11(2)5-14-9-4-7(12)3-8(13)10(9)15-6-11/h3-4,14-15H,5-6H2,1-2H3. The number of nitrogens with one attached hydrogen (secondary N) is 2. The van der Waals surface area contributed by atoms with Crippen molar-refractivity contribution in [1.29, 1.82) is 0 Å². The van der Waals surface area contributed by atoms with E-state index in [4.69, 9.17) is 0 Å². The molecule has 0 unspecified atom stereocenters. The van der Waals surface area contributed by atoms with Gasteiger partial charge in [0.05, 0.1) is 11.4 Å². The molecule has 1 aliphatic heterocycles. The Balaban J connectivity index is 2.39. The number of fused-ring (bicyclic) bond motifs is 1. The van der Waals surface area contributed by atoms with Gasteiger partial charge >= 0.3 is 0 Å². The average Bonchev–Trinajstić information content (AvgIpc) is 2.26. The monoisotopic (exact) mass is 212 g/mol. The smallest absolute Gasteiger partial charge is 0.151 e. The van der Waals surface area contributed by atoms with Gasteiger partial charge in [-0.25, -0.2) is 8.78 Å². The second-order valence-corrected chi connectivity index (χ2v) is 4.68. The molecule has 0 radical (unpaired) electrons. The summed E-state index contributed by atoms with van der Waals surface area (Å²) >= 11 is 0. The molecule has 0 saturated heterocycles. The molecule has 0 spiro atoms. The van der Waals surface area contributed by atoms with Crippen LogP contribution in [-0.2, 0) is 0 Å². The zero-order valence-electron chi connectivity index (χ0n) is 8.82. The number of benzene rings is 1. The van der Waals surface area contributed by atoms with E-state index in [1.54, 1.807) is 0 Å². The summed E-state index contributed by atoms with van der Waals surface area (Å²) < 4.78 is 26.4. The largest absolute Gasteiger partial charge is 0.383 e. The molecule has 1 aromatic rings. The third kappa shape index (κ3) is 2.03. The van der Waals surface area contributed by atoms with Crippen molar-refractivity contribution >= 4 is 11.4 Å². The van der Waals surface area contributed by atoms with Crippen LogP contribution in [0.4, 0.5) is 20.2 Å². The van der Waals surface area contributed by atoms with Crippen molar-refractivity contribution in [1.82, 2.24) is 0 Å².